The zero-order valence-corrected chi connectivity index (χ0v) is 18.8. The van der Waals surface area contributed by atoms with Crippen LogP contribution in [0.2, 0.25) is 0 Å². The number of morpholine rings is 1. The third-order valence-electron chi connectivity index (χ3n) is 5.76. The van der Waals surface area contributed by atoms with Gasteiger partial charge in [-0.05, 0) is 23.8 Å². The number of nitrogens with zero attached hydrogens (tertiary/aromatic N) is 3. The highest BCUT2D eigenvalue weighted by atomic mass is 32.2. The summed E-state index contributed by atoms with van der Waals surface area (Å²) in [4.78, 5) is 32.6. The molecular formula is C24H29N3O3S. The maximum atomic E-state index is 12.8. The molecule has 2 aliphatic rings. The van der Waals surface area contributed by atoms with E-state index in [2.05, 4.69) is 17.0 Å². The fourth-order valence-corrected chi connectivity index (χ4v) is 5.06. The molecule has 1 saturated heterocycles. The van der Waals surface area contributed by atoms with Crippen molar-refractivity contribution in [3.8, 4) is 0 Å². The van der Waals surface area contributed by atoms with Gasteiger partial charge in [-0.25, -0.2) is 0 Å². The highest BCUT2D eigenvalue weighted by Gasteiger charge is 2.24. The molecular weight excluding hydrogens is 410 g/mol. The number of anilines is 2. The van der Waals surface area contributed by atoms with Gasteiger partial charge in [-0.15, -0.1) is 11.8 Å². The number of carbonyl (C=O) groups excluding carboxylic acids is 2. The smallest absolute Gasteiger partial charge is 0.227 e. The number of ether oxygens (including phenoxy) is 1. The molecule has 0 saturated carbocycles. The molecule has 31 heavy (non-hydrogen) atoms. The monoisotopic (exact) mass is 439 g/mol. The van der Waals surface area contributed by atoms with E-state index in [0.717, 1.165) is 53.9 Å². The van der Waals surface area contributed by atoms with Crippen molar-refractivity contribution < 1.29 is 14.3 Å². The maximum Gasteiger partial charge on any atom is 0.227 e. The van der Waals surface area contributed by atoms with Crippen LogP contribution in [0.4, 0.5) is 11.4 Å². The molecule has 0 N–H and O–H groups in total. The Labute approximate surface area is 188 Å². The van der Waals surface area contributed by atoms with Crippen LogP contribution in [0.5, 0.6) is 0 Å². The Bertz CT molecular complexity index is 930. The van der Waals surface area contributed by atoms with Crippen LogP contribution in [0.15, 0.2) is 53.4 Å². The summed E-state index contributed by atoms with van der Waals surface area (Å²) in [5, 5.41) is 0. The minimum atomic E-state index is -0.00944. The van der Waals surface area contributed by atoms with Gasteiger partial charge in [-0.1, -0.05) is 30.3 Å². The number of rotatable bonds is 6. The average molecular weight is 440 g/mol. The number of fused-ring (bicyclic) bond motifs is 1. The lowest BCUT2D eigenvalue weighted by Crippen LogP contribution is -2.37. The summed E-state index contributed by atoms with van der Waals surface area (Å²) in [6.45, 7) is 4.39. The van der Waals surface area contributed by atoms with E-state index in [1.807, 2.05) is 48.3 Å². The molecule has 2 heterocycles. The van der Waals surface area contributed by atoms with Crippen LogP contribution in [-0.4, -0.2) is 62.4 Å². The molecule has 7 heteroatoms. The summed E-state index contributed by atoms with van der Waals surface area (Å²) in [7, 11) is 1.82. The second-order valence-corrected chi connectivity index (χ2v) is 8.98. The predicted octanol–water partition coefficient (Wildman–Crippen LogP) is 3.40. The molecule has 0 atom stereocenters. The minimum Gasteiger partial charge on any atom is -0.378 e. The predicted molar refractivity (Wildman–Crippen MR) is 125 cm³/mol. The highest BCUT2D eigenvalue weighted by molar-refractivity contribution is 7.99. The summed E-state index contributed by atoms with van der Waals surface area (Å²) in [6.07, 6.45) is 0.453. The van der Waals surface area contributed by atoms with E-state index >= 15 is 0 Å². The van der Waals surface area contributed by atoms with E-state index in [1.54, 1.807) is 16.7 Å². The van der Waals surface area contributed by atoms with Crippen molar-refractivity contribution in [2.45, 2.75) is 24.3 Å². The SMILES string of the molecule is CN(Cc1ccccc1N1CCOCC1)C(=O)CCC(=O)N1CCSc2ccccc21. The lowest BCUT2D eigenvalue weighted by atomic mass is 10.1. The molecule has 4 rings (SSSR count). The van der Waals surface area contributed by atoms with Crippen molar-refractivity contribution in [1.29, 1.82) is 0 Å². The summed E-state index contributed by atoms with van der Waals surface area (Å²) >= 11 is 1.77. The maximum absolute atomic E-state index is 12.8. The van der Waals surface area contributed by atoms with E-state index in [0.29, 0.717) is 13.1 Å². The van der Waals surface area contributed by atoms with Gasteiger partial charge in [0.15, 0.2) is 0 Å². The number of hydrogen-bond acceptors (Lipinski definition) is 5. The van der Waals surface area contributed by atoms with Crippen LogP contribution in [0, 0.1) is 0 Å². The third kappa shape index (κ3) is 5.22. The first-order valence-electron chi connectivity index (χ1n) is 10.8. The molecule has 1 fully saturated rings. The van der Waals surface area contributed by atoms with Crippen molar-refractivity contribution in [2.75, 3.05) is 55.4 Å². The third-order valence-corrected chi connectivity index (χ3v) is 6.80. The van der Waals surface area contributed by atoms with E-state index in [1.165, 1.54) is 0 Å². The average Bonchev–Trinajstić information content (AvgIpc) is 2.82. The molecule has 0 bridgehead atoms. The minimum absolute atomic E-state index is 0.00944. The molecule has 0 unspecified atom stereocenters. The first kappa shape index (κ1) is 21.7. The number of benzene rings is 2. The van der Waals surface area contributed by atoms with Crippen molar-refractivity contribution in [1.82, 2.24) is 4.90 Å². The van der Waals surface area contributed by atoms with Crippen molar-refractivity contribution in [2.24, 2.45) is 0 Å². The molecule has 2 aromatic carbocycles. The Morgan fingerprint density at radius 2 is 1.68 bits per heavy atom. The van der Waals surface area contributed by atoms with Crippen molar-refractivity contribution >= 4 is 35.0 Å². The fourth-order valence-electron chi connectivity index (χ4n) is 4.07. The number of para-hydroxylation sites is 2. The molecule has 164 valence electrons. The fraction of sp³-hybridized carbons (Fsp3) is 0.417. The van der Waals surface area contributed by atoms with Crippen LogP contribution >= 0.6 is 11.8 Å². The van der Waals surface area contributed by atoms with Crippen molar-refractivity contribution in [3.05, 3.63) is 54.1 Å². The largest absolute Gasteiger partial charge is 0.378 e. The first-order chi connectivity index (χ1) is 15.1. The van der Waals surface area contributed by atoms with Gasteiger partial charge < -0.3 is 19.4 Å². The van der Waals surface area contributed by atoms with Crippen molar-refractivity contribution in [3.63, 3.8) is 0 Å². The van der Waals surface area contributed by atoms with Crippen LogP contribution in [0.1, 0.15) is 18.4 Å². The van der Waals surface area contributed by atoms with Gasteiger partial charge in [0.2, 0.25) is 11.8 Å². The Morgan fingerprint density at radius 1 is 0.968 bits per heavy atom. The summed E-state index contributed by atoms with van der Waals surface area (Å²) < 4.78 is 5.46. The molecule has 0 aliphatic carbocycles. The normalized spacial score (nSPS) is 16.0. The molecule has 2 aliphatic heterocycles. The van der Waals surface area contributed by atoms with Crippen LogP contribution in [0.3, 0.4) is 0 Å². The van der Waals surface area contributed by atoms with Gasteiger partial charge in [0, 0.05) is 62.4 Å². The van der Waals surface area contributed by atoms with Crippen LogP contribution in [0.25, 0.3) is 0 Å². The number of hydrogen-bond donors (Lipinski definition) is 0. The number of thioether (sulfide) groups is 1. The standard InChI is InChI=1S/C24H29N3O3S/c1-25(18-19-6-2-3-7-20(19)26-12-15-30-16-13-26)23(28)10-11-24(29)27-14-17-31-22-9-5-4-8-21(22)27/h2-9H,10-18H2,1H3. The number of carbonyl (C=O) groups is 2. The van der Waals surface area contributed by atoms with Gasteiger partial charge in [0.25, 0.3) is 0 Å². The van der Waals surface area contributed by atoms with Gasteiger partial charge in [-0.3, -0.25) is 9.59 Å². The Morgan fingerprint density at radius 3 is 2.48 bits per heavy atom. The lowest BCUT2D eigenvalue weighted by molar-refractivity contribution is -0.132. The van der Waals surface area contributed by atoms with Gasteiger partial charge in [0.05, 0.1) is 18.9 Å². The molecule has 0 aromatic heterocycles. The van der Waals surface area contributed by atoms with Crippen LogP contribution < -0.4 is 9.80 Å². The summed E-state index contributed by atoms with van der Waals surface area (Å²) in [6, 6.07) is 16.2. The zero-order chi connectivity index (χ0) is 21.6. The summed E-state index contributed by atoms with van der Waals surface area (Å²) in [5.74, 6) is 0.891. The molecule has 0 spiro atoms. The Balaban J connectivity index is 1.34. The van der Waals surface area contributed by atoms with Gasteiger partial charge >= 0.3 is 0 Å². The highest BCUT2D eigenvalue weighted by Crippen LogP contribution is 2.34. The quantitative estimate of drug-likeness (QED) is 0.691. The molecule has 2 aromatic rings. The van der Waals surface area contributed by atoms with Crippen LogP contribution in [-0.2, 0) is 20.9 Å². The zero-order valence-electron chi connectivity index (χ0n) is 18.0. The first-order valence-corrected chi connectivity index (χ1v) is 11.8. The van der Waals surface area contributed by atoms with E-state index in [9.17, 15) is 9.59 Å². The second kappa shape index (κ2) is 10.2. The van der Waals surface area contributed by atoms with Gasteiger partial charge in [-0.2, -0.15) is 0 Å². The lowest BCUT2D eigenvalue weighted by Gasteiger charge is -2.31. The van der Waals surface area contributed by atoms with E-state index in [-0.39, 0.29) is 24.7 Å². The number of amides is 2. The molecule has 0 radical (unpaired) electrons. The van der Waals surface area contributed by atoms with E-state index < -0.39 is 0 Å². The topological polar surface area (TPSA) is 53.1 Å². The van der Waals surface area contributed by atoms with E-state index in [4.69, 9.17) is 4.74 Å². The van der Waals surface area contributed by atoms with Gasteiger partial charge in [0.1, 0.15) is 0 Å². The molecule has 6 nitrogen and oxygen atoms in total. The second-order valence-electron chi connectivity index (χ2n) is 7.84. The Hall–Kier alpha value is -2.51. The molecule has 2 amide bonds. The Kier molecular flexibility index (Phi) is 7.14. The summed E-state index contributed by atoms with van der Waals surface area (Å²) in [5.41, 5.74) is 3.24.